The lowest BCUT2D eigenvalue weighted by atomic mass is 9.94. The van der Waals surface area contributed by atoms with Crippen molar-refractivity contribution in [1.29, 1.82) is 0 Å². The maximum Gasteiger partial charge on any atom is 0.287 e. The number of hydrogen-bond acceptors (Lipinski definition) is 6. The third-order valence-electron chi connectivity index (χ3n) is 17.0. The third kappa shape index (κ3) is 11.7. The highest BCUT2D eigenvalue weighted by molar-refractivity contribution is 5.87. The van der Waals surface area contributed by atoms with Gasteiger partial charge in [-0.25, -0.2) is 13.7 Å². The molecule has 0 fully saturated rings. The van der Waals surface area contributed by atoms with Gasteiger partial charge in [0, 0.05) is 71.3 Å². The molecule has 83 heavy (non-hydrogen) atoms. The number of fused-ring (bicyclic) bond motifs is 3. The van der Waals surface area contributed by atoms with Crippen LogP contribution in [0.1, 0.15) is 151 Å². The van der Waals surface area contributed by atoms with E-state index in [9.17, 15) is 0 Å². The van der Waals surface area contributed by atoms with Crippen LogP contribution in [0.3, 0.4) is 0 Å². The van der Waals surface area contributed by atoms with Crippen molar-refractivity contribution in [1.82, 2.24) is 29.9 Å². The van der Waals surface area contributed by atoms with Crippen molar-refractivity contribution in [2.75, 3.05) is 0 Å². The van der Waals surface area contributed by atoms with Crippen molar-refractivity contribution in [3.8, 4) is 33.8 Å². The van der Waals surface area contributed by atoms with E-state index in [-0.39, 0.29) is 0 Å². The maximum absolute atomic E-state index is 4.80. The maximum atomic E-state index is 4.80. The fourth-order valence-corrected chi connectivity index (χ4v) is 12.3. The molecule has 9 aromatic rings. The normalized spacial score (nSPS) is 13.0. The zero-order valence-corrected chi connectivity index (χ0v) is 52.1. The van der Waals surface area contributed by atoms with Crippen molar-refractivity contribution in [3.63, 3.8) is 0 Å². The molecule has 0 saturated heterocycles. The third-order valence-corrected chi connectivity index (χ3v) is 17.0. The Bertz CT molecular complexity index is 4080. The number of rotatable bonds is 9. The topological polar surface area (TPSA) is 89.0 Å². The molecule has 3 aromatic carbocycles. The Kier molecular flexibility index (Phi) is 16.6. The van der Waals surface area contributed by atoms with Crippen LogP contribution in [0.5, 0.6) is 0 Å². The monoisotopic (exact) mass is 1100 g/mol. The Labute approximate surface area is 493 Å². The van der Waals surface area contributed by atoms with E-state index in [0.29, 0.717) is 11.8 Å². The van der Waals surface area contributed by atoms with Gasteiger partial charge in [0.1, 0.15) is 17.1 Å². The summed E-state index contributed by atoms with van der Waals surface area (Å²) in [5.74, 6) is 1.13. The van der Waals surface area contributed by atoms with Gasteiger partial charge in [-0.1, -0.05) is 99.0 Å². The van der Waals surface area contributed by atoms with E-state index in [4.69, 9.17) is 24.9 Å². The van der Waals surface area contributed by atoms with Crippen LogP contribution in [0.25, 0.3) is 50.5 Å². The first-order valence-corrected chi connectivity index (χ1v) is 29.5. The minimum Gasteiger partial charge on any atom is -0.256 e. The van der Waals surface area contributed by atoms with Gasteiger partial charge in [0.25, 0.3) is 19.0 Å². The number of pyridine rings is 3. The van der Waals surface area contributed by atoms with Gasteiger partial charge in [-0.05, 0) is 189 Å². The quantitative estimate of drug-likeness (QED) is 0.134. The molecule has 3 aliphatic carbocycles. The molecule has 0 spiro atoms. The standard InChI is InChI=1S/C26H30N3.C25H28N3.C23H24N3/c1-16(2)11-20-7-10-24(27-14-20)21-8-9-22-25(21)28-15-29(6)26(22)23-13-17(3)12-18(4)19(23)5;1-15(2)19-7-10-23(26-13-19)20-8-9-21-24(20)27-14-28(6)25(21)22-12-16(3)11-17(4)18(22)5;1-14-6-9-21(24-12-14)18-7-8-19-22(18)25-13-26(5)23(19)20-11-15(2)10-16(3)17(20)4/h7-8,10,12-16H,9,11H2,1-6H3;7-8,10-15H,9H2,1-6H3;6-7,9-13H,8H2,1-5H3/q3*+1. The van der Waals surface area contributed by atoms with Crippen molar-refractivity contribution in [3.05, 3.63) is 246 Å². The van der Waals surface area contributed by atoms with Crippen LogP contribution >= 0.6 is 0 Å². The number of nitrogens with zero attached hydrogens (tertiary/aromatic N) is 9. The van der Waals surface area contributed by atoms with Crippen LogP contribution < -0.4 is 13.7 Å². The van der Waals surface area contributed by atoms with Gasteiger partial charge < -0.3 is 0 Å². The van der Waals surface area contributed by atoms with E-state index in [1.54, 1.807) is 0 Å². The summed E-state index contributed by atoms with van der Waals surface area (Å²) in [6, 6.07) is 26.5. The number of aryl methyl sites for hydroxylation is 10. The van der Waals surface area contributed by atoms with E-state index in [1.165, 1.54) is 117 Å². The summed E-state index contributed by atoms with van der Waals surface area (Å²) in [5.41, 5.74) is 36.9. The second-order valence-corrected chi connectivity index (χ2v) is 24.3. The van der Waals surface area contributed by atoms with Crippen LogP contribution in [0.15, 0.2) is 129 Å². The van der Waals surface area contributed by atoms with Crippen molar-refractivity contribution in [2.24, 2.45) is 27.1 Å². The Morgan fingerprint density at radius 3 is 1.07 bits per heavy atom. The molecular weight excluding hydrogens is 1010 g/mol. The van der Waals surface area contributed by atoms with E-state index in [1.807, 2.05) is 37.6 Å². The summed E-state index contributed by atoms with van der Waals surface area (Å²) < 4.78 is 6.47. The zero-order valence-electron chi connectivity index (χ0n) is 52.1. The van der Waals surface area contributed by atoms with Gasteiger partial charge in [-0.3, -0.25) is 15.0 Å². The molecule has 0 aliphatic heterocycles. The van der Waals surface area contributed by atoms with Crippen molar-refractivity contribution < 1.29 is 13.7 Å². The predicted octanol–water partition coefficient (Wildman–Crippen LogP) is 14.3. The lowest BCUT2D eigenvalue weighted by Crippen LogP contribution is -2.33. The molecule has 0 N–H and O–H groups in total. The van der Waals surface area contributed by atoms with Crippen LogP contribution in [0.4, 0.5) is 0 Å². The summed E-state index contributed by atoms with van der Waals surface area (Å²) >= 11 is 0. The number of allylic oxidation sites excluding steroid dienone is 3. The summed E-state index contributed by atoms with van der Waals surface area (Å²) in [4.78, 5) is 28.5. The highest BCUT2D eigenvalue weighted by atomic mass is 15.0. The highest BCUT2D eigenvalue weighted by Crippen LogP contribution is 2.40. The predicted molar refractivity (Wildman–Crippen MR) is 338 cm³/mol. The van der Waals surface area contributed by atoms with Crippen LogP contribution in [0.2, 0.25) is 0 Å². The summed E-state index contributed by atoms with van der Waals surface area (Å²) in [5, 5.41) is 0. The Hall–Kier alpha value is -8.43. The van der Waals surface area contributed by atoms with Gasteiger partial charge in [-0.2, -0.15) is 0 Å². The number of benzene rings is 3. The van der Waals surface area contributed by atoms with E-state index in [0.717, 1.165) is 76.6 Å². The van der Waals surface area contributed by atoms with Gasteiger partial charge >= 0.3 is 0 Å². The van der Waals surface area contributed by atoms with Crippen molar-refractivity contribution >= 4 is 16.7 Å². The molecule has 9 nitrogen and oxygen atoms in total. The summed E-state index contributed by atoms with van der Waals surface area (Å²) in [7, 11) is 6.27. The number of hydrogen-bond donors (Lipinski definition) is 0. The van der Waals surface area contributed by atoms with Crippen LogP contribution in [-0.4, -0.2) is 29.9 Å². The van der Waals surface area contributed by atoms with Gasteiger partial charge in [0.15, 0.2) is 17.1 Å². The first kappa shape index (κ1) is 57.8. The van der Waals surface area contributed by atoms with Gasteiger partial charge in [0.05, 0.1) is 54.9 Å². The lowest BCUT2D eigenvalue weighted by molar-refractivity contribution is -0.664. The molecule has 12 rings (SSSR count). The molecule has 0 amide bonds. The van der Waals surface area contributed by atoms with Crippen LogP contribution in [-0.2, 0) is 46.8 Å². The molecule has 0 saturated carbocycles. The highest BCUT2D eigenvalue weighted by Gasteiger charge is 2.33. The molecule has 420 valence electrons. The van der Waals surface area contributed by atoms with E-state index < -0.39 is 0 Å². The summed E-state index contributed by atoms with van der Waals surface area (Å²) in [6.07, 6.45) is 22.3. The second kappa shape index (κ2) is 23.8. The Balaban J connectivity index is 0.000000139. The SMILES string of the molecule is Cc1cc(C)c(C)c(-c2c3c(nc[n+]2C)C(c2ccc(C(C)C)cn2)=CC3)c1.Cc1cc(C)c(C)c(-c2c3c(nc[n+]2C)C(c2ccc(CC(C)C)cn2)=CC3)c1.Cc1ccc(C2=CCc3c2nc[n+](C)c3-c2cc(C)cc(C)c2C)nc1. The first-order valence-electron chi connectivity index (χ1n) is 29.5. The van der Waals surface area contributed by atoms with Crippen molar-refractivity contribution in [2.45, 2.75) is 129 Å². The molecule has 9 heteroatoms. The van der Waals surface area contributed by atoms with Gasteiger partial charge in [0.2, 0.25) is 0 Å². The molecule has 0 atom stereocenters. The zero-order chi connectivity index (χ0) is 59.1. The first-order chi connectivity index (χ1) is 39.7. The lowest BCUT2D eigenvalue weighted by Gasteiger charge is -2.13. The molecule has 0 bridgehead atoms. The van der Waals surface area contributed by atoms with E-state index >= 15 is 0 Å². The molecule has 0 unspecified atom stereocenters. The minimum atomic E-state index is 0.489. The smallest absolute Gasteiger partial charge is 0.256 e. The fourth-order valence-electron chi connectivity index (χ4n) is 12.3. The average molecular weight is 1100 g/mol. The fraction of sp³-hybridized carbons (Fsp3) is 0.311. The summed E-state index contributed by atoms with van der Waals surface area (Å²) in [6.45, 7) is 30.7. The molecule has 0 radical (unpaired) electrons. The molecule has 6 heterocycles. The number of aromatic nitrogens is 9. The minimum absolute atomic E-state index is 0.489. The Morgan fingerprint density at radius 2 is 0.759 bits per heavy atom. The van der Waals surface area contributed by atoms with E-state index in [2.05, 4.69) is 228 Å². The molecular formula is C74H82N9+3. The van der Waals surface area contributed by atoms with Crippen LogP contribution in [0, 0.1) is 75.2 Å². The average Bonchev–Trinajstić information content (AvgIpc) is 4.06. The Morgan fingerprint density at radius 1 is 0.398 bits per heavy atom. The second-order valence-electron chi connectivity index (χ2n) is 24.3. The molecule has 3 aliphatic rings. The van der Waals surface area contributed by atoms with Gasteiger partial charge in [-0.15, -0.1) is 0 Å². The molecule has 6 aromatic heterocycles. The largest absolute Gasteiger partial charge is 0.287 e.